The number of methoxy groups -OCH3 is 1. The molecule has 0 aromatic heterocycles. The molecule has 0 heterocycles. The van der Waals surface area contributed by atoms with E-state index >= 15 is 0 Å². The monoisotopic (exact) mass is 228 g/mol. The topological polar surface area (TPSA) is 43.4 Å². The molecule has 4 heteroatoms. The first-order valence-corrected chi connectivity index (χ1v) is 6.63. The molecule has 0 unspecified atom stereocenters. The lowest BCUT2D eigenvalue weighted by Gasteiger charge is -2.12. The minimum Gasteiger partial charge on any atom is -0.497 e. The Morgan fingerprint density at radius 3 is 2.27 bits per heavy atom. The maximum atomic E-state index is 11.5. The lowest BCUT2D eigenvalue weighted by molar-refractivity contribution is 0.413. The molecule has 0 bridgehead atoms. The Morgan fingerprint density at radius 1 is 1.27 bits per heavy atom. The van der Waals surface area contributed by atoms with Crippen LogP contribution in [-0.4, -0.2) is 21.8 Å². The lowest BCUT2D eigenvalue weighted by atomic mass is 10.0. The van der Waals surface area contributed by atoms with Crippen molar-refractivity contribution in [3.63, 3.8) is 0 Å². The van der Waals surface area contributed by atoms with Gasteiger partial charge in [-0.2, -0.15) is 0 Å². The summed E-state index contributed by atoms with van der Waals surface area (Å²) in [6, 6.07) is 5.05. The number of benzene rings is 1. The first kappa shape index (κ1) is 12.0. The summed E-state index contributed by atoms with van der Waals surface area (Å²) < 4.78 is 28.1. The minimum atomic E-state index is -3.16. The van der Waals surface area contributed by atoms with Gasteiger partial charge in [0.2, 0.25) is 0 Å². The highest BCUT2D eigenvalue weighted by molar-refractivity contribution is 7.90. The van der Waals surface area contributed by atoms with Gasteiger partial charge in [0.25, 0.3) is 0 Å². The molecular formula is C11H16O3S. The predicted octanol–water partition coefficient (Wildman–Crippen LogP) is 2.22. The number of sulfone groups is 1. The van der Waals surface area contributed by atoms with Gasteiger partial charge in [0.05, 0.1) is 12.0 Å². The van der Waals surface area contributed by atoms with E-state index in [9.17, 15) is 8.42 Å². The van der Waals surface area contributed by atoms with Crippen LogP contribution in [0.1, 0.15) is 25.3 Å². The van der Waals surface area contributed by atoms with Crippen molar-refractivity contribution in [2.24, 2.45) is 0 Å². The summed E-state index contributed by atoms with van der Waals surface area (Å²) in [5.41, 5.74) is 0.803. The normalized spacial score (nSPS) is 11.8. The third-order valence-corrected chi connectivity index (χ3v) is 3.41. The second-order valence-electron chi connectivity index (χ2n) is 3.83. The summed E-state index contributed by atoms with van der Waals surface area (Å²) in [7, 11) is -1.59. The average Bonchev–Trinajstić information content (AvgIpc) is 2.15. The molecule has 1 aromatic rings. The van der Waals surface area contributed by atoms with Crippen LogP contribution in [0.15, 0.2) is 23.1 Å². The third kappa shape index (κ3) is 2.72. The highest BCUT2D eigenvalue weighted by Crippen LogP contribution is 2.27. The number of hydrogen-bond donors (Lipinski definition) is 0. The van der Waals surface area contributed by atoms with Gasteiger partial charge in [0, 0.05) is 6.26 Å². The van der Waals surface area contributed by atoms with Gasteiger partial charge in [-0.05, 0) is 29.7 Å². The van der Waals surface area contributed by atoms with Crippen LogP contribution in [0.2, 0.25) is 0 Å². The molecule has 0 saturated heterocycles. The SMILES string of the molecule is COc1ccc(S(C)(=O)=O)c(C(C)C)c1. The fraction of sp³-hybridized carbons (Fsp3) is 0.455. The second-order valence-corrected chi connectivity index (χ2v) is 5.81. The fourth-order valence-corrected chi connectivity index (χ4v) is 2.48. The molecular weight excluding hydrogens is 212 g/mol. The van der Waals surface area contributed by atoms with E-state index in [0.717, 1.165) is 5.56 Å². The van der Waals surface area contributed by atoms with Crippen LogP contribution in [0.3, 0.4) is 0 Å². The van der Waals surface area contributed by atoms with Crippen molar-refractivity contribution in [1.29, 1.82) is 0 Å². The van der Waals surface area contributed by atoms with E-state index in [4.69, 9.17) is 4.74 Å². The van der Waals surface area contributed by atoms with E-state index in [1.54, 1.807) is 25.3 Å². The van der Waals surface area contributed by atoms with Crippen molar-refractivity contribution >= 4 is 9.84 Å². The first-order valence-electron chi connectivity index (χ1n) is 4.74. The van der Waals surface area contributed by atoms with Crippen molar-refractivity contribution < 1.29 is 13.2 Å². The molecule has 0 aliphatic rings. The lowest BCUT2D eigenvalue weighted by Crippen LogP contribution is -2.04. The molecule has 0 fully saturated rings. The van der Waals surface area contributed by atoms with E-state index in [-0.39, 0.29) is 5.92 Å². The number of hydrogen-bond acceptors (Lipinski definition) is 3. The molecule has 3 nitrogen and oxygen atoms in total. The van der Waals surface area contributed by atoms with Crippen molar-refractivity contribution in [2.45, 2.75) is 24.7 Å². The molecule has 0 atom stereocenters. The zero-order valence-electron chi connectivity index (χ0n) is 9.44. The smallest absolute Gasteiger partial charge is 0.175 e. The maximum Gasteiger partial charge on any atom is 0.175 e. The van der Waals surface area contributed by atoms with Crippen LogP contribution in [-0.2, 0) is 9.84 Å². The van der Waals surface area contributed by atoms with Gasteiger partial charge in [-0.15, -0.1) is 0 Å². The van der Waals surface area contributed by atoms with E-state index in [1.807, 2.05) is 13.8 Å². The summed E-state index contributed by atoms with van der Waals surface area (Å²) in [6.07, 6.45) is 1.22. The molecule has 1 aromatic carbocycles. The second kappa shape index (κ2) is 4.23. The molecule has 0 N–H and O–H groups in total. The zero-order chi connectivity index (χ0) is 11.6. The van der Waals surface area contributed by atoms with Crippen LogP contribution in [0.5, 0.6) is 5.75 Å². The van der Waals surface area contributed by atoms with Crippen molar-refractivity contribution in [3.05, 3.63) is 23.8 Å². The fourth-order valence-electron chi connectivity index (χ4n) is 1.44. The van der Waals surface area contributed by atoms with Gasteiger partial charge >= 0.3 is 0 Å². The predicted molar refractivity (Wildman–Crippen MR) is 60.2 cm³/mol. The summed E-state index contributed by atoms with van der Waals surface area (Å²) in [5, 5.41) is 0. The van der Waals surface area contributed by atoms with Gasteiger partial charge in [0.1, 0.15) is 5.75 Å². The standard InChI is InChI=1S/C11H16O3S/c1-8(2)10-7-9(14-3)5-6-11(10)15(4,12)13/h5-8H,1-4H3. The zero-order valence-corrected chi connectivity index (χ0v) is 10.3. The molecule has 84 valence electrons. The summed E-state index contributed by atoms with van der Waals surface area (Å²) >= 11 is 0. The Morgan fingerprint density at radius 2 is 1.87 bits per heavy atom. The maximum absolute atomic E-state index is 11.5. The Bertz CT molecular complexity index is 447. The highest BCUT2D eigenvalue weighted by Gasteiger charge is 2.16. The molecule has 0 spiro atoms. The summed E-state index contributed by atoms with van der Waals surface area (Å²) in [6.45, 7) is 3.92. The molecule has 0 aliphatic carbocycles. The minimum absolute atomic E-state index is 0.157. The largest absolute Gasteiger partial charge is 0.497 e. The molecule has 15 heavy (non-hydrogen) atoms. The van der Waals surface area contributed by atoms with Crippen LogP contribution in [0.25, 0.3) is 0 Å². The van der Waals surface area contributed by atoms with Gasteiger partial charge in [0.15, 0.2) is 9.84 Å². The first-order chi connectivity index (χ1) is 6.86. The van der Waals surface area contributed by atoms with Crippen LogP contribution in [0.4, 0.5) is 0 Å². The molecule has 0 amide bonds. The van der Waals surface area contributed by atoms with Gasteiger partial charge in [-0.25, -0.2) is 8.42 Å². The molecule has 1 rings (SSSR count). The molecule has 0 aliphatic heterocycles. The number of rotatable bonds is 3. The molecule has 0 radical (unpaired) electrons. The van der Waals surface area contributed by atoms with Crippen LogP contribution in [0, 0.1) is 0 Å². The van der Waals surface area contributed by atoms with Crippen molar-refractivity contribution in [3.8, 4) is 5.75 Å². The van der Waals surface area contributed by atoms with Crippen LogP contribution < -0.4 is 4.74 Å². The Balaban J connectivity index is 3.41. The number of ether oxygens (including phenoxy) is 1. The van der Waals surface area contributed by atoms with Gasteiger partial charge in [-0.3, -0.25) is 0 Å². The van der Waals surface area contributed by atoms with Gasteiger partial charge in [-0.1, -0.05) is 13.8 Å². The summed E-state index contributed by atoms with van der Waals surface area (Å²) in [5.74, 6) is 0.843. The van der Waals surface area contributed by atoms with E-state index in [1.165, 1.54) is 6.26 Å². The Labute approximate surface area is 91.0 Å². The Hall–Kier alpha value is -1.03. The van der Waals surface area contributed by atoms with E-state index in [2.05, 4.69) is 0 Å². The van der Waals surface area contributed by atoms with Gasteiger partial charge < -0.3 is 4.74 Å². The van der Waals surface area contributed by atoms with Crippen molar-refractivity contribution in [1.82, 2.24) is 0 Å². The quantitative estimate of drug-likeness (QED) is 0.796. The van der Waals surface area contributed by atoms with E-state index in [0.29, 0.717) is 10.6 Å². The third-order valence-electron chi connectivity index (χ3n) is 2.24. The van der Waals surface area contributed by atoms with Crippen molar-refractivity contribution in [2.75, 3.05) is 13.4 Å². The summed E-state index contributed by atoms with van der Waals surface area (Å²) in [4.78, 5) is 0.387. The average molecular weight is 228 g/mol. The van der Waals surface area contributed by atoms with E-state index < -0.39 is 9.84 Å². The molecule has 0 saturated carbocycles. The Kier molecular flexibility index (Phi) is 3.39. The van der Waals surface area contributed by atoms with Crippen LogP contribution >= 0.6 is 0 Å². The highest BCUT2D eigenvalue weighted by atomic mass is 32.2.